The predicted octanol–water partition coefficient (Wildman–Crippen LogP) is 2.72. The zero-order chi connectivity index (χ0) is 19.8. The maximum absolute atomic E-state index is 13.3. The summed E-state index contributed by atoms with van der Waals surface area (Å²) >= 11 is 6.12. The summed E-state index contributed by atoms with van der Waals surface area (Å²) in [5.41, 5.74) is 1.25. The van der Waals surface area contributed by atoms with Gasteiger partial charge >= 0.3 is 5.97 Å². The quantitative estimate of drug-likeness (QED) is 0.633. The molecular weight excluding hydrogens is 380 g/mol. The summed E-state index contributed by atoms with van der Waals surface area (Å²) < 4.78 is 5.16. The maximum atomic E-state index is 13.3. The molecule has 28 heavy (non-hydrogen) atoms. The topological polar surface area (TPSA) is 75.7 Å². The number of rotatable bonds is 4. The smallest absolute Gasteiger partial charge is 0.324 e. The Hall–Kier alpha value is -2.70. The van der Waals surface area contributed by atoms with Crippen LogP contribution in [-0.4, -0.2) is 30.4 Å². The number of hydrogen-bond donors (Lipinski definition) is 1. The van der Waals surface area contributed by atoms with Crippen molar-refractivity contribution in [2.45, 2.75) is 19.0 Å². The third-order valence-electron chi connectivity index (χ3n) is 5.24. The monoisotopic (exact) mass is 398 g/mol. The standard InChI is InChI=1S/C21H19ClN2O4/c1-2-28-21(27)18-16-15(17(23-18)12-7-6-8-13(22)11-12)19(25)24(20(16)26)14-9-4-3-5-10-14/h3-11,15-18,23H,2H2,1H3/t15-,16+,17-,18-/m0/s1. The lowest BCUT2D eigenvalue weighted by molar-refractivity contribution is -0.148. The van der Waals surface area contributed by atoms with Crippen LogP contribution in [0.5, 0.6) is 0 Å². The molecule has 4 rings (SSSR count). The lowest BCUT2D eigenvalue weighted by Crippen LogP contribution is -2.44. The number of carbonyl (C=O) groups is 3. The highest BCUT2D eigenvalue weighted by molar-refractivity contribution is 6.30. The van der Waals surface area contributed by atoms with Gasteiger partial charge in [0, 0.05) is 11.1 Å². The molecule has 0 radical (unpaired) electrons. The van der Waals surface area contributed by atoms with Crippen molar-refractivity contribution in [3.05, 3.63) is 65.2 Å². The fraction of sp³-hybridized carbons (Fsp3) is 0.286. The largest absolute Gasteiger partial charge is 0.465 e. The van der Waals surface area contributed by atoms with Crippen molar-refractivity contribution < 1.29 is 19.1 Å². The molecule has 7 heteroatoms. The summed E-state index contributed by atoms with van der Waals surface area (Å²) in [5.74, 6) is -2.78. The van der Waals surface area contributed by atoms with E-state index in [1.54, 1.807) is 49.4 Å². The molecule has 0 aliphatic carbocycles. The molecule has 2 aromatic carbocycles. The first-order valence-electron chi connectivity index (χ1n) is 9.14. The number of amides is 2. The van der Waals surface area contributed by atoms with Crippen LogP contribution in [0.25, 0.3) is 0 Å². The number of benzene rings is 2. The lowest BCUT2D eigenvalue weighted by Gasteiger charge is -2.22. The number of esters is 1. The molecular formula is C21H19ClN2O4. The van der Waals surface area contributed by atoms with Crippen molar-refractivity contribution in [3.8, 4) is 0 Å². The van der Waals surface area contributed by atoms with E-state index >= 15 is 0 Å². The molecule has 2 aromatic rings. The number of anilines is 1. The molecule has 0 aromatic heterocycles. The molecule has 0 unspecified atom stereocenters. The first kappa shape index (κ1) is 18.7. The van der Waals surface area contributed by atoms with Gasteiger partial charge in [0.1, 0.15) is 6.04 Å². The van der Waals surface area contributed by atoms with E-state index in [0.717, 1.165) is 5.56 Å². The van der Waals surface area contributed by atoms with Crippen molar-refractivity contribution in [2.75, 3.05) is 11.5 Å². The highest BCUT2D eigenvalue weighted by Gasteiger charge is 2.61. The van der Waals surface area contributed by atoms with Gasteiger partial charge < -0.3 is 4.74 Å². The van der Waals surface area contributed by atoms with Gasteiger partial charge in [-0.25, -0.2) is 4.90 Å². The molecule has 2 aliphatic heterocycles. The van der Waals surface area contributed by atoms with Crippen LogP contribution >= 0.6 is 11.6 Å². The highest BCUT2D eigenvalue weighted by atomic mass is 35.5. The van der Waals surface area contributed by atoms with E-state index in [0.29, 0.717) is 10.7 Å². The normalized spacial score (nSPS) is 26.4. The number of carbonyl (C=O) groups excluding carboxylic acids is 3. The molecule has 6 nitrogen and oxygen atoms in total. The minimum atomic E-state index is -0.890. The van der Waals surface area contributed by atoms with Gasteiger partial charge in [-0.05, 0) is 36.8 Å². The summed E-state index contributed by atoms with van der Waals surface area (Å²) in [7, 11) is 0. The zero-order valence-corrected chi connectivity index (χ0v) is 15.9. The molecule has 144 valence electrons. The number of imide groups is 1. The van der Waals surface area contributed by atoms with Crippen molar-refractivity contribution in [1.29, 1.82) is 0 Å². The molecule has 2 saturated heterocycles. The second kappa shape index (κ2) is 7.37. The molecule has 2 fully saturated rings. The number of halogens is 1. The van der Waals surface area contributed by atoms with Gasteiger partial charge in [0.05, 0.1) is 24.1 Å². The van der Waals surface area contributed by atoms with Crippen LogP contribution in [0, 0.1) is 11.8 Å². The van der Waals surface area contributed by atoms with Crippen LogP contribution in [-0.2, 0) is 19.1 Å². The predicted molar refractivity (Wildman–Crippen MR) is 104 cm³/mol. The van der Waals surface area contributed by atoms with Crippen LogP contribution in [0.1, 0.15) is 18.5 Å². The fourth-order valence-corrected chi connectivity index (χ4v) is 4.30. The Morgan fingerprint density at radius 3 is 2.46 bits per heavy atom. The second-order valence-corrected chi connectivity index (χ2v) is 7.26. The summed E-state index contributed by atoms with van der Waals surface area (Å²) in [6.07, 6.45) is 0. The van der Waals surface area contributed by atoms with Gasteiger partial charge in [-0.3, -0.25) is 19.7 Å². The van der Waals surface area contributed by atoms with Crippen LogP contribution < -0.4 is 10.2 Å². The molecule has 2 heterocycles. The molecule has 0 bridgehead atoms. The minimum Gasteiger partial charge on any atom is -0.465 e. The van der Waals surface area contributed by atoms with E-state index in [1.165, 1.54) is 4.90 Å². The summed E-state index contributed by atoms with van der Waals surface area (Å²) in [5, 5.41) is 3.67. The Kier molecular flexibility index (Phi) is 4.91. The SMILES string of the molecule is CCOC(=O)[C@H]1N[C@@H](c2cccc(Cl)c2)[C@H]2C(=O)N(c3ccccc3)C(=O)[C@H]21. The van der Waals surface area contributed by atoms with Crippen molar-refractivity contribution in [1.82, 2.24) is 5.32 Å². The number of para-hydroxylation sites is 1. The highest BCUT2D eigenvalue weighted by Crippen LogP contribution is 2.45. The van der Waals surface area contributed by atoms with Crippen LogP contribution in [0.2, 0.25) is 5.02 Å². The summed E-state index contributed by atoms with van der Waals surface area (Å²) in [6.45, 7) is 1.90. The number of nitrogens with one attached hydrogen (secondary N) is 1. The summed E-state index contributed by atoms with van der Waals surface area (Å²) in [4.78, 5) is 40.2. The second-order valence-electron chi connectivity index (χ2n) is 6.83. The van der Waals surface area contributed by atoms with Gasteiger partial charge in [0.2, 0.25) is 11.8 Å². The van der Waals surface area contributed by atoms with Crippen molar-refractivity contribution in [2.24, 2.45) is 11.8 Å². The fourth-order valence-electron chi connectivity index (χ4n) is 4.10. The Balaban J connectivity index is 1.77. The third kappa shape index (κ3) is 2.99. The number of fused-ring (bicyclic) bond motifs is 1. The van der Waals surface area contributed by atoms with Gasteiger partial charge in [0.25, 0.3) is 0 Å². The minimum absolute atomic E-state index is 0.195. The van der Waals surface area contributed by atoms with Crippen molar-refractivity contribution >= 4 is 35.1 Å². The van der Waals surface area contributed by atoms with E-state index < -0.39 is 35.8 Å². The van der Waals surface area contributed by atoms with E-state index in [1.807, 2.05) is 12.1 Å². The Labute approximate surface area is 167 Å². The Morgan fingerprint density at radius 2 is 1.79 bits per heavy atom. The molecule has 1 N–H and O–H groups in total. The number of hydrogen-bond acceptors (Lipinski definition) is 5. The molecule has 0 spiro atoms. The molecule has 4 atom stereocenters. The van der Waals surface area contributed by atoms with E-state index in [-0.39, 0.29) is 12.5 Å². The molecule has 2 amide bonds. The summed E-state index contributed by atoms with van der Waals surface area (Å²) in [6, 6.07) is 14.4. The first-order chi connectivity index (χ1) is 13.5. The van der Waals surface area contributed by atoms with Gasteiger partial charge in [-0.15, -0.1) is 0 Å². The van der Waals surface area contributed by atoms with Crippen molar-refractivity contribution in [3.63, 3.8) is 0 Å². The van der Waals surface area contributed by atoms with E-state index in [2.05, 4.69) is 5.32 Å². The molecule has 0 saturated carbocycles. The Morgan fingerprint density at radius 1 is 1.07 bits per heavy atom. The number of ether oxygens (including phenoxy) is 1. The zero-order valence-electron chi connectivity index (χ0n) is 15.2. The van der Waals surface area contributed by atoms with Crippen LogP contribution in [0.3, 0.4) is 0 Å². The Bertz CT molecular complexity index is 933. The average Bonchev–Trinajstić information content (AvgIpc) is 3.20. The number of nitrogens with zero attached hydrogens (tertiary/aromatic N) is 1. The van der Waals surface area contributed by atoms with Gasteiger partial charge in [-0.2, -0.15) is 0 Å². The van der Waals surface area contributed by atoms with E-state index in [9.17, 15) is 14.4 Å². The average molecular weight is 399 g/mol. The van der Waals surface area contributed by atoms with Gasteiger partial charge in [0.15, 0.2) is 0 Å². The lowest BCUT2D eigenvalue weighted by atomic mass is 9.86. The van der Waals surface area contributed by atoms with Crippen LogP contribution in [0.4, 0.5) is 5.69 Å². The van der Waals surface area contributed by atoms with Crippen LogP contribution in [0.15, 0.2) is 54.6 Å². The third-order valence-corrected chi connectivity index (χ3v) is 5.47. The van der Waals surface area contributed by atoms with Gasteiger partial charge in [-0.1, -0.05) is 41.9 Å². The first-order valence-corrected chi connectivity index (χ1v) is 9.51. The van der Waals surface area contributed by atoms with E-state index in [4.69, 9.17) is 16.3 Å². The molecule has 2 aliphatic rings. The maximum Gasteiger partial charge on any atom is 0.324 e.